The van der Waals surface area contributed by atoms with E-state index in [0.29, 0.717) is 18.2 Å². The molecule has 110 valence electrons. The summed E-state index contributed by atoms with van der Waals surface area (Å²) in [7, 11) is -5.82. The number of anilines is 1. The predicted molar refractivity (Wildman–Crippen MR) is 58.7 cm³/mol. The Kier molecular flexibility index (Phi) is 3.89. The van der Waals surface area contributed by atoms with Crippen LogP contribution >= 0.6 is 0 Å². The van der Waals surface area contributed by atoms with Gasteiger partial charge in [-0.3, -0.25) is 14.8 Å². The molecule has 2 N–H and O–H groups in total. The van der Waals surface area contributed by atoms with Gasteiger partial charge >= 0.3 is 21.5 Å². The molecule has 20 heavy (non-hydrogen) atoms. The van der Waals surface area contributed by atoms with E-state index in [2.05, 4.69) is 0 Å². The summed E-state index contributed by atoms with van der Waals surface area (Å²) >= 11 is 0. The highest BCUT2D eigenvalue weighted by molar-refractivity contribution is 7.93. The van der Waals surface area contributed by atoms with Gasteiger partial charge in [-0.2, -0.15) is 21.6 Å². The molecule has 0 unspecified atom stereocenters. The Morgan fingerprint density at radius 3 is 2.30 bits per heavy atom. The summed E-state index contributed by atoms with van der Waals surface area (Å²) in [6.45, 7) is 0. The van der Waals surface area contributed by atoms with Crippen molar-refractivity contribution >= 4 is 27.4 Å². The van der Waals surface area contributed by atoms with Gasteiger partial charge in [-0.1, -0.05) is 0 Å². The number of nitro groups is 1. The van der Waals surface area contributed by atoms with Crippen LogP contribution in [-0.4, -0.2) is 29.9 Å². The van der Waals surface area contributed by atoms with Gasteiger partial charge in [-0.25, -0.2) is 4.79 Å². The summed E-state index contributed by atoms with van der Waals surface area (Å²) in [4.78, 5) is 20.2. The lowest BCUT2D eigenvalue weighted by atomic mass is 10.1. The van der Waals surface area contributed by atoms with E-state index in [1.54, 1.807) is 0 Å². The molecule has 8 nitrogen and oxygen atoms in total. The number of aromatic carboxylic acids is 1. The first-order valence-electron chi connectivity index (χ1n) is 4.56. The zero-order valence-corrected chi connectivity index (χ0v) is 10.0. The van der Waals surface area contributed by atoms with Crippen molar-refractivity contribution in [1.29, 1.82) is 0 Å². The van der Waals surface area contributed by atoms with E-state index in [1.807, 2.05) is 0 Å². The fourth-order valence-corrected chi connectivity index (χ4v) is 1.70. The highest BCUT2D eigenvalue weighted by atomic mass is 32.2. The predicted octanol–water partition coefficient (Wildman–Crippen LogP) is 1.55. The summed E-state index contributed by atoms with van der Waals surface area (Å²) in [5.74, 6) is -1.83. The summed E-state index contributed by atoms with van der Waals surface area (Å²) in [5.41, 5.74) is -8.27. The third-order valence-corrected chi connectivity index (χ3v) is 3.09. The first-order valence-corrected chi connectivity index (χ1v) is 6.05. The lowest BCUT2D eigenvalue weighted by Crippen LogP contribution is -2.30. The molecule has 0 radical (unpaired) electrons. The molecule has 1 rings (SSSR count). The standard InChI is InChI=1S/C8H5F3N2O6S/c9-8(10,11)20(18,19)12-6-2-1-4(13(16)17)3-5(6)7(14)15/h1-3,12H,(H,14,15). The van der Waals surface area contributed by atoms with Crippen LogP contribution in [0.15, 0.2) is 18.2 Å². The molecule has 1 aromatic rings. The van der Waals surface area contributed by atoms with Crippen molar-refractivity contribution < 1.29 is 36.4 Å². The zero-order valence-electron chi connectivity index (χ0n) is 9.21. The number of nitrogens with one attached hydrogen (secondary N) is 1. The summed E-state index contributed by atoms with van der Waals surface area (Å²) < 4.78 is 59.2. The first kappa shape index (κ1) is 15.7. The SMILES string of the molecule is O=C(O)c1cc([N+](=O)[O-])ccc1NS(=O)(=O)C(F)(F)F. The maximum absolute atomic E-state index is 12.2. The van der Waals surface area contributed by atoms with Gasteiger partial charge in [0.05, 0.1) is 16.2 Å². The van der Waals surface area contributed by atoms with Crippen molar-refractivity contribution in [2.75, 3.05) is 4.72 Å². The number of halogens is 3. The molecule has 0 heterocycles. The molecule has 0 atom stereocenters. The largest absolute Gasteiger partial charge is 0.516 e. The van der Waals surface area contributed by atoms with Crippen molar-refractivity contribution in [3.8, 4) is 0 Å². The number of nitrogens with zero attached hydrogens (tertiary/aromatic N) is 1. The van der Waals surface area contributed by atoms with E-state index < -0.39 is 43.4 Å². The van der Waals surface area contributed by atoms with Gasteiger partial charge in [0.1, 0.15) is 0 Å². The molecule has 0 aliphatic carbocycles. The van der Waals surface area contributed by atoms with E-state index in [4.69, 9.17) is 5.11 Å². The van der Waals surface area contributed by atoms with Gasteiger partial charge < -0.3 is 5.11 Å². The molecular formula is C8H5F3N2O6S. The second-order valence-corrected chi connectivity index (χ2v) is 5.02. The van der Waals surface area contributed by atoms with Gasteiger partial charge in [0.15, 0.2) is 0 Å². The quantitative estimate of drug-likeness (QED) is 0.641. The molecule has 0 aliphatic heterocycles. The number of carbonyl (C=O) groups is 1. The van der Waals surface area contributed by atoms with Gasteiger partial charge in [0.25, 0.3) is 5.69 Å². The van der Waals surface area contributed by atoms with Crippen molar-refractivity contribution in [3.63, 3.8) is 0 Å². The molecule has 0 spiro atoms. The van der Waals surface area contributed by atoms with Crippen LogP contribution in [0.2, 0.25) is 0 Å². The number of non-ortho nitro benzene ring substituents is 1. The molecule has 0 aromatic heterocycles. The third kappa shape index (κ3) is 3.14. The monoisotopic (exact) mass is 314 g/mol. The van der Waals surface area contributed by atoms with Crippen LogP contribution < -0.4 is 4.72 Å². The van der Waals surface area contributed by atoms with E-state index in [-0.39, 0.29) is 0 Å². The smallest absolute Gasteiger partial charge is 0.478 e. The Morgan fingerprint density at radius 1 is 1.35 bits per heavy atom. The maximum atomic E-state index is 12.2. The highest BCUT2D eigenvalue weighted by Crippen LogP contribution is 2.28. The third-order valence-electron chi connectivity index (χ3n) is 1.99. The Morgan fingerprint density at radius 2 is 1.90 bits per heavy atom. The van der Waals surface area contributed by atoms with Crippen molar-refractivity contribution in [3.05, 3.63) is 33.9 Å². The minimum absolute atomic E-state index is 0.441. The van der Waals surface area contributed by atoms with E-state index >= 15 is 0 Å². The minimum Gasteiger partial charge on any atom is -0.478 e. The minimum atomic E-state index is -5.82. The number of hydrogen-bond acceptors (Lipinski definition) is 5. The second-order valence-electron chi connectivity index (χ2n) is 3.34. The van der Waals surface area contributed by atoms with Crippen molar-refractivity contribution in [2.24, 2.45) is 0 Å². The number of benzene rings is 1. The molecular weight excluding hydrogens is 309 g/mol. The first-order chi connectivity index (χ1) is 8.95. The number of rotatable bonds is 4. The molecule has 0 aliphatic rings. The van der Waals surface area contributed by atoms with E-state index in [1.165, 1.54) is 0 Å². The molecule has 0 saturated carbocycles. The van der Waals surface area contributed by atoms with Gasteiger partial charge in [0.2, 0.25) is 0 Å². The normalized spacial score (nSPS) is 11.9. The van der Waals surface area contributed by atoms with Crippen LogP contribution in [0.25, 0.3) is 0 Å². The van der Waals surface area contributed by atoms with Crippen LogP contribution in [0, 0.1) is 10.1 Å². The average molecular weight is 314 g/mol. The van der Waals surface area contributed by atoms with Crippen LogP contribution in [0.1, 0.15) is 10.4 Å². The summed E-state index contributed by atoms with van der Waals surface area (Å²) in [6.07, 6.45) is 0. The lowest BCUT2D eigenvalue weighted by Gasteiger charge is -2.12. The summed E-state index contributed by atoms with van der Waals surface area (Å²) in [6, 6.07) is 1.67. The Bertz CT molecular complexity index is 669. The Hall–Kier alpha value is -2.37. The number of carboxylic acid groups (broad SMARTS) is 1. The van der Waals surface area contributed by atoms with Gasteiger partial charge in [-0.15, -0.1) is 0 Å². The lowest BCUT2D eigenvalue weighted by molar-refractivity contribution is -0.384. The van der Waals surface area contributed by atoms with Crippen LogP contribution in [0.3, 0.4) is 0 Å². The fraction of sp³-hybridized carbons (Fsp3) is 0.125. The van der Waals surface area contributed by atoms with E-state index in [0.717, 1.165) is 4.72 Å². The molecule has 0 saturated heterocycles. The molecule has 0 fully saturated rings. The maximum Gasteiger partial charge on any atom is 0.516 e. The second kappa shape index (κ2) is 4.96. The number of carboxylic acids is 1. The number of sulfonamides is 1. The van der Waals surface area contributed by atoms with Crippen molar-refractivity contribution in [1.82, 2.24) is 0 Å². The average Bonchev–Trinajstić information content (AvgIpc) is 2.26. The summed E-state index contributed by atoms with van der Waals surface area (Å²) in [5, 5.41) is 19.2. The topological polar surface area (TPSA) is 127 Å². The molecule has 12 heteroatoms. The Labute approximate surface area is 109 Å². The zero-order chi connectivity index (χ0) is 15.7. The van der Waals surface area contributed by atoms with Crippen LogP contribution in [0.5, 0.6) is 0 Å². The number of nitro benzene ring substituents is 1. The van der Waals surface area contributed by atoms with E-state index in [9.17, 15) is 36.5 Å². The molecule has 0 bridgehead atoms. The number of alkyl halides is 3. The van der Waals surface area contributed by atoms with Crippen LogP contribution in [-0.2, 0) is 10.0 Å². The fourth-order valence-electron chi connectivity index (χ4n) is 1.11. The highest BCUT2D eigenvalue weighted by Gasteiger charge is 2.46. The molecule has 1 aromatic carbocycles. The number of hydrogen-bond donors (Lipinski definition) is 2. The molecule has 0 amide bonds. The van der Waals surface area contributed by atoms with Crippen LogP contribution in [0.4, 0.5) is 24.5 Å². The van der Waals surface area contributed by atoms with Gasteiger partial charge in [-0.05, 0) is 6.07 Å². The van der Waals surface area contributed by atoms with Gasteiger partial charge in [0, 0.05) is 12.1 Å². The Balaban J connectivity index is 3.34. The van der Waals surface area contributed by atoms with Crippen molar-refractivity contribution in [2.45, 2.75) is 5.51 Å².